The summed E-state index contributed by atoms with van der Waals surface area (Å²) in [6.07, 6.45) is 4.79. The first kappa shape index (κ1) is 30.2. The summed E-state index contributed by atoms with van der Waals surface area (Å²) in [4.78, 5) is 0. The van der Waals surface area contributed by atoms with E-state index >= 15 is 0 Å². The Morgan fingerprint density at radius 2 is 0.816 bits per heavy atom. The van der Waals surface area contributed by atoms with Gasteiger partial charge in [-0.1, -0.05) is 155 Å². The minimum atomic E-state index is 0.170. The van der Waals surface area contributed by atoms with Crippen LogP contribution < -0.4 is 0 Å². The van der Waals surface area contributed by atoms with Crippen LogP contribution in [0.1, 0.15) is 140 Å². The molecule has 0 aliphatic heterocycles. The van der Waals surface area contributed by atoms with E-state index in [-0.39, 0.29) is 10.8 Å². The molecular weight excluding hydrogens is 456 g/mol. The van der Waals surface area contributed by atoms with Crippen LogP contribution in [-0.2, 0) is 10.8 Å². The van der Waals surface area contributed by atoms with Crippen molar-refractivity contribution >= 4 is 0 Å². The second kappa shape index (κ2) is 12.7. The van der Waals surface area contributed by atoms with Gasteiger partial charge in [-0.05, 0) is 68.9 Å². The van der Waals surface area contributed by atoms with E-state index in [1.54, 1.807) is 0 Å². The van der Waals surface area contributed by atoms with Crippen molar-refractivity contribution in [1.82, 2.24) is 0 Å². The largest absolute Gasteiger partial charge is 0.0651 e. The third-order valence-corrected chi connectivity index (χ3v) is 8.77. The fourth-order valence-electron chi connectivity index (χ4n) is 5.60. The van der Waals surface area contributed by atoms with Crippen LogP contribution in [0.4, 0.5) is 0 Å². The predicted molar refractivity (Wildman–Crippen MR) is 169 cm³/mol. The van der Waals surface area contributed by atoms with Crippen LogP contribution >= 0.6 is 0 Å². The lowest BCUT2D eigenvalue weighted by Gasteiger charge is -2.30. The SMILES string of the molecule is CCC(C)CC(c1ccc(C(C)(C)C)cc1)c1ccccc1C(CC(C)CC)c1ccc(C(C)(C)C)cc1. The van der Waals surface area contributed by atoms with Crippen LogP contribution in [0.3, 0.4) is 0 Å². The summed E-state index contributed by atoms with van der Waals surface area (Å²) in [5.74, 6) is 2.16. The van der Waals surface area contributed by atoms with Gasteiger partial charge in [-0.3, -0.25) is 0 Å². The van der Waals surface area contributed by atoms with Crippen LogP contribution in [0.15, 0.2) is 72.8 Å². The molecule has 206 valence electrons. The quantitative estimate of drug-likeness (QED) is 0.254. The molecule has 0 N–H and O–H groups in total. The smallest absolute Gasteiger partial charge is 0.00948 e. The minimum absolute atomic E-state index is 0.170. The van der Waals surface area contributed by atoms with E-state index in [2.05, 4.69) is 142 Å². The Labute approximate surface area is 235 Å². The summed E-state index contributed by atoms with van der Waals surface area (Å²) in [6, 6.07) is 28.5. The molecule has 0 saturated carbocycles. The van der Waals surface area contributed by atoms with Gasteiger partial charge in [-0.25, -0.2) is 0 Å². The number of rotatable bonds is 10. The molecule has 0 amide bonds. The lowest BCUT2D eigenvalue weighted by Crippen LogP contribution is -2.15. The van der Waals surface area contributed by atoms with E-state index in [0.717, 1.165) is 0 Å². The van der Waals surface area contributed by atoms with Crippen molar-refractivity contribution in [2.24, 2.45) is 11.8 Å². The van der Waals surface area contributed by atoms with Gasteiger partial charge in [0.05, 0.1) is 0 Å². The van der Waals surface area contributed by atoms with E-state index in [9.17, 15) is 0 Å². The predicted octanol–water partition coefficient (Wildman–Crippen LogP) is 11.4. The average Bonchev–Trinajstić information content (AvgIpc) is 2.89. The molecule has 0 aliphatic carbocycles. The second-order valence-corrected chi connectivity index (χ2v) is 14.0. The first-order valence-corrected chi connectivity index (χ1v) is 15.1. The molecule has 0 saturated heterocycles. The summed E-state index contributed by atoms with van der Waals surface area (Å²) in [5.41, 5.74) is 9.10. The molecule has 0 nitrogen and oxygen atoms in total. The average molecular weight is 511 g/mol. The van der Waals surface area contributed by atoms with Crippen LogP contribution in [0, 0.1) is 11.8 Å². The number of hydrogen-bond donors (Lipinski definition) is 0. The van der Waals surface area contributed by atoms with Gasteiger partial charge in [0.25, 0.3) is 0 Å². The summed E-state index contributed by atoms with van der Waals surface area (Å²) >= 11 is 0. The molecular formula is C38H54. The van der Waals surface area contributed by atoms with Gasteiger partial charge in [-0.2, -0.15) is 0 Å². The zero-order valence-corrected chi connectivity index (χ0v) is 26.1. The summed E-state index contributed by atoms with van der Waals surface area (Å²) in [5, 5.41) is 0. The van der Waals surface area contributed by atoms with E-state index in [1.807, 2.05) is 0 Å². The lowest BCUT2D eigenvalue weighted by atomic mass is 9.74. The Kier molecular flexibility index (Phi) is 10.1. The lowest BCUT2D eigenvalue weighted by molar-refractivity contribution is 0.468. The molecule has 0 heteroatoms. The first-order chi connectivity index (χ1) is 17.8. The van der Waals surface area contributed by atoms with E-state index in [0.29, 0.717) is 23.7 Å². The molecule has 0 bridgehead atoms. The third kappa shape index (κ3) is 7.62. The number of benzene rings is 3. The van der Waals surface area contributed by atoms with Crippen molar-refractivity contribution in [1.29, 1.82) is 0 Å². The van der Waals surface area contributed by atoms with Crippen molar-refractivity contribution in [2.45, 2.75) is 118 Å². The maximum absolute atomic E-state index is 2.42. The van der Waals surface area contributed by atoms with Crippen LogP contribution in [-0.4, -0.2) is 0 Å². The molecule has 4 unspecified atom stereocenters. The van der Waals surface area contributed by atoms with E-state index < -0.39 is 0 Å². The highest BCUT2D eigenvalue weighted by molar-refractivity contribution is 5.45. The zero-order chi connectivity index (χ0) is 28.1. The van der Waals surface area contributed by atoms with Gasteiger partial charge < -0.3 is 0 Å². The highest BCUT2D eigenvalue weighted by Crippen LogP contribution is 2.41. The molecule has 0 heterocycles. The molecule has 4 atom stereocenters. The topological polar surface area (TPSA) is 0 Å². The Morgan fingerprint density at radius 1 is 0.500 bits per heavy atom. The standard InChI is InChI=1S/C38H54/c1-11-27(3)25-35(29-17-21-31(22-18-29)37(5,6)7)33-15-13-14-16-34(33)36(26-28(4)12-2)30-19-23-32(24-20-30)38(8,9)10/h13-24,27-28,35-36H,11-12,25-26H2,1-10H3. The van der Waals surface area contributed by atoms with Crippen molar-refractivity contribution in [3.05, 3.63) is 106 Å². The van der Waals surface area contributed by atoms with Crippen LogP contribution in [0.2, 0.25) is 0 Å². The van der Waals surface area contributed by atoms with E-state index in [4.69, 9.17) is 0 Å². The van der Waals surface area contributed by atoms with Crippen molar-refractivity contribution in [3.8, 4) is 0 Å². The number of hydrogen-bond acceptors (Lipinski definition) is 0. The van der Waals surface area contributed by atoms with Gasteiger partial charge in [0.15, 0.2) is 0 Å². The second-order valence-electron chi connectivity index (χ2n) is 14.0. The Hall–Kier alpha value is -2.34. The van der Waals surface area contributed by atoms with Gasteiger partial charge in [0, 0.05) is 11.8 Å². The maximum atomic E-state index is 2.42. The Bertz CT molecular complexity index is 1030. The molecule has 0 aliphatic rings. The fraction of sp³-hybridized carbons (Fsp3) is 0.526. The highest BCUT2D eigenvalue weighted by atomic mass is 14.3. The van der Waals surface area contributed by atoms with Crippen molar-refractivity contribution < 1.29 is 0 Å². The van der Waals surface area contributed by atoms with Crippen LogP contribution in [0.5, 0.6) is 0 Å². The van der Waals surface area contributed by atoms with Crippen molar-refractivity contribution in [2.75, 3.05) is 0 Å². The molecule has 3 aromatic carbocycles. The van der Waals surface area contributed by atoms with Crippen LogP contribution in [0.25, 0.3) is 0 Å². The molecule has 0 fully saturated rings. The minimum Gasteiger partial charge on any atom is -0.0651 e. The maximum Gasteiger partial charge on any atom is 0.00948 e. The van der Waals surface area contributed by atoms with Crippen molar-refractivity contribution in [3.63, 3.8) is 0 Å². The Balaban J connectivity index is 2.14. The van der Waals surface area contributed by atoms with Gasteiger partial charge >= 0.3 is 0 Å². The molecule has 3 rings (SSSR count). The Morgan fingerprint density at radius 3 is 1.08 bits per heavy atom. The zero-order valence-electron chi connectivity index (χ0n) is 26.1. The molecule has 38 heavy (non-hydrogen) atoms. The van der Waals surface area contributed by atoms with E-state index in [1.165, 1.54) is 59.1 Å². The molecule has 3 aromatic rings. The van der Waals surface area contributed by atoms with Gasteiger partial charge in [0.2, 0.25) is 0 Å². The molecule has 0 radical (unpaired) electrons. The summed E-state index contributed by atoms with van der Waals surface area (Å²) < 4.78 is 0. The van der Waals surface area contributed by atoms with Gasteiger partial charge in [0.1, 0.15) is 0 Å². The highest BCUT2D eigenvalue weighted by Gasteiger charge is 2.26. The summed E-state index contributed by atoms with van der Waals surface area (Å²) in [6.45, 7) is 23.3. The summed E-state index contributed by atoms with van der Waals surface area (Å²) in [7, 11) is 0. The fourth-order valence-corrected chi connectivity index (χ4v) is 5.60. The molecule has 0 aromatic heterocycles. The molecule has 0 spiro atoms. The normalized spacial score (nSPS) is 15.6. The first-order valence-electron chi connectivity index (χ1n) is 15.1. The monoisotopic (exact) mass is 510 g/mol. The third-order valence-electron chi connectivity index (χ3n) is 8.77. The van der Waals surface area contributed by atoms with Gasteiger partial charge in [-0.15, -0.1) is 0 Å².